The van der Waals surface area contributed by atoms with E-state index in [4.69, 9.17) is 11.6 Å². The van der Waals surface area contributed by atoms with Gasteiger partial charge < -0.3 is 10.2 Å². The van der Waals surface area contributed by atoms with Crippen molar-refractivity contribution in [1.82, 2.24) is 10.2 Å². The Labute approximate surface area is 221 Å². The maximum absolute atomic E-state index is 13.7. The number of benzene rings is 3. The minimum atomic E-state index is -4.25. The van der Waals surface area contributed by atoms with Crippen LogP contribution in [-0.2, 0) is 26.2 Å². The number of anilines is 1. The molecular weight excluding hydrogens is 517 g/mol. The summed E-state index contributed by atoms with van der Waals surface area (Å²) in [7, 11) is -4.25. The molecule has 0 aromatic heterocycles. The van der Waals surface area contributed by atoms with Crippen molar-refractivity contribution >= 4 is 39.1 Å². The van der Waals surface area contributed by atoms with Gasteiger partial charge in [-0.2, -0.15) is 0 Å². The van der Waals surface area contributed by atoms with Crippen LogP contribution in [0.4, 0.5) is 10.1 Å². The van der Waals surface area contributed by atoms with E-state index in [0.717, 1.165) is 28.6 Å². The monoisotopic (exact) mass is 545 g/mol. The third-order valence-electron chi connectivity index (χ3n) is 5.62. The third kappa shape index (κ3) is 7.08. The van der Waals surface area contributed by atoms with Gasteiger partial charge in [-0.25, -0.2) is 12.8 Å². The summed E-state index contributed by atoms with van der Waals surface area (Å²) < 4.78 is 41.6. The second-order valence-electron chi connectivity index (χ2n) is 8.75. The molecule has 0 aliphatic carbocycles. The molecule has 0 heterocycles. The Balaban J connectivity index is 2.01. The molecule has 0 fully saturated rings. The summed E-state index contributed by atoms with van der Waals surface area (Å²) in [4.78, 5) is 27.7. The largest absolute Gasteiger partial charge is 0.352 e. The molecule has 3 aromatic rings. The predicted octanol–water partition coefficient (Wildman–Crippen LogP) is 4.62. The minimum absolute atomic E-state index is 0.00951. The van der Waals surface area contributed by atoms with Crippen molar-refractivity contribution in [1.29, 1.82) is 0 Å². The smallest absolute Gasteiger partial charge is 0.264 e. The van der Waals surface area contributed by atoms with Gasteiger partial charge in [0.05, 0.1) is 10.6 Å². The molecular formula is C27H29ClFN3O4S. The Morgan fingerprint density at radius 2 is 1.51 bits per heavy atom. The number of nitrogens with zero attached hydrogens (tertiary/aromatic N) is 2. The third-order valence-corrected chi connectivity index (χ3v) is 7.78. The molecule has 0 saturated carbocycles. The first-order valence-electron chi connectivity index (χ1n) is 11.7. The summed E-state index contributed by atoms with van der Waals surface area (Å²) in [6.45, 7) is 4.58. The van der Waals surface area contributed by atoms with Gasteiger partial charge in [-0.3, -0.25) is 13.9 Å². The van der Waals surface area contributed by atoms with Crippen molar-refractivity contribution in [2.45, 2.75) is 44.3 Å². The highest BCUT2D eigenvalue weighted by atomic mass is 35.5. The van der Waals surface area contributed by atoms with E-state index >= 15 is 0 Å². The molecule has 0 unspecified atom stereocenters. The summed E-state index contributed by atoms with van der Waals surface area (Å²) >= 11 is 6.33. The van der Waals surface area contributed by atoms with Crippen LogP contribution in [0.2, 0.25) is 5.02 Å². The van der Waals surface area contributed by atoms with E-state index in [2.05, 4.69) is 5.32 Å². The van der Waals surface area contributed by atoms with Crippen molar-refractivity contribution < 1.29 is 22.4 Å². The molecule has 7 nitrogen and oxygen atoms in total. The maximum atomic E-state index is 13.7. The van der Waals surface area contributed by atoms with E-state index in [0.29, 0.717) is 10.6 Å². The van der Waals surface area contributed by atoms with E-state index < -0.39 is 34.3 Å². The van der Waals surface area contributed by atoms with Gasteiger partial charge >= 0.3 is 0 Å². The Bertz CT molecular complexity index is 1340. The highest BCUT2D eigenvalue weighted by Gasteiger charge is 2.32. The van der Waals surface area contributed by atoms with Crippen LogP contribution < -0.4 is 9.62 Å². The molecule has 2 amide bonds. The van der Waals surface area contributed by atoms with E-state index in [1.54, 1.807) is 75.4 Å². The zero-order valence-corrected chi connectivity index (χ0v) is 22.3. The summed E-state index contributed by atoms with van der Waals surface area (Å²) in [5, 5.41) is 3.20. The maximum Gasteiger partial charge on any atom is 0.264 e. The van der Waals surface area contributed by atoms with Gasteiger partial charge in [0.25, 0.3) is 10.0 Å². The minimum Gasteiger partial charge on any atom is -0.352 e. The molecule has 3 rings (SSSR count). The van der Waals surface area contributed by atoms with Gasteiger partial charge in [0, 0.05) is 17.6 Å². The average Bonchev–Trinajstić information content (AvgIpc) is 2.86. The topological polar surface area (TPSA) is 86.8 Å². The zero-order chi connectivity index (χ0) is 27.2. The van der Waals surface area contributed by atoms with Gasteiger partial charge in [-0.1, -0.05) is 48.0 Å². The SMILES string of the molecule is CC(C)NC(=O)[C@@H](C)N(Cc1ccccc1Cl)C(=O)CN(c1ccccc1)S(=O)(=O)c1ccc(F)cc1. The molecule has 10 heteroatoms. The highest BCUT2D eigenvalue weighted by molar-refractivity contribution is 7.92. The van der Waals surface area contributed by atoms with Gasteiger partial charge in [0.2, 0.25) is 11.8 Å². The number of halogens is 2. The van der Waals surface area contributed by atoms with Crippen LogP contribution in [0.15, 0.2) is 83.8 Å². The van der Waals surface area contributed by atoms with Crippen molar-refractivity contribution in [3.8, 4) is 0 Å². The quantitative estimate of drug-likeness (QED) is 0.403. The molecule has 0 spiro atoms. The molecule has 1 N–H and O–H groups in total. The van der Waals surface area contributed by atoms with Crippen LogP contribution >= 0.6 is 11.6 Å². The molecule has 37 heavy (non-hydrogen) atoms. The molecule has 0 radical (unpaired) electrons. The Morgan fingerprint density at radius 3 is 2.11 bits per heavy atom. The summed E-state index contributed by atoms with van der Waals surface area (Å²) in [6.07, 6.45) is 0. The van der Waals surface area contributed by atoms with Gasteiger partial charge in [0.1, 0.15) is 18.4 Å². The van der Waals surface area contributed by atoms with Crippen LogP contribution in [0.3, 0.4) is 0 Å². The number of rotatable bonds is 10. The van der Waals surface area contributed by atoms with E-state index in [-0.39, 0.29) is 29.1 Å². The second-order valence-corrected chi connectivity index (χ2v) is 11.0. The standard InChI is InChI=1S/C27H29ClFN3O4S/c1-19(2)30-27(34)20(3)31(17-21-9-7-8-12-25(21)28)26(33)18-32(23-10-5-4-6-11-23)37(35,36)24-15-13-22(29)14-16-24/h4-16,19-20H,17-18H2,1-3H3,(H,30,34)/t20-/m1/s1. The molecule has 196 valence electrons. The van der Waals surface area contributed by atoms with Crippen LogP contribution in [0.25, 0.3) is 0 Å². The second kappa shape index (κ2) is 12.2. The fourth-order valence-electron chi connectivity index (χ4n) is 3.65. The molecule has 0 aliphatic heterocycles. The lowest BCUT2D eigenvalue weighted by atomic mass is 10.1. The number of carbonyl (C=O) groups excluding carboxylic acids is 2. The van der Waals surface area contributed by atoms with Crippen LogP contribution in [0.5, 0.6) is 0 Å². The zero-order valence-electron chi connectivity index (χ0n) is 20.8. The molecule has 3 aromatic carbocycles. The number of hydrogen-bond donors (Lipinski definition) is 1. The summed E-state index contributed by atoms with van der Waals surface area (Å²) in [5.74, 6) is -1.58. The normalized spacial score (nSPS) is 12.2. The van der Waals surface area contributed by atoms with E-state index in [9.17, 15) is 22.4 Å². The number of hydrogen-bond acceptors (Lipinski definition) is 4. The molecule has 0 bridgehead atoms. The van der Waals surface area contributed by atoms with Crippen LogP contribution in [-0.4, -0.2) is 43.8 Å². The number of para-hydroxylation sites is 1. The Morgan fingerprint density at radius 1 is 0.919 bits per heavy atom. The number of carbonyl (C=O) groups is 2. The number of nitrogens with one attached hydrogen (secondary N) is 1. The lowest BCUT2D eigenvalue weighted by Gasteiger charge is -2.32. The lowest BCUT2D eigenvalue weighted by molar-refractivity contribution is -0.139. The van der Waals surface area contributed by atoms with Gasteiger partial charge in [-0.05, 0) is 68.8 Å². The van der Waals surface area contributed by atoms with Gasteiger partial charge in [-0.15, -0.1) is 0 Å². The van der Waals surface area contributed by atoms with Crippen molar-refractivity contribution in [3.05, 3.63) is 95.3 Å². The lowest BCUT2D eigenvalue weighted by Crippen LogP contribution is -2.52. The fourth-order valence-corrected chi connectivity index (χ4v) is 5.26. The highest BCUT2D eigenvalue weighted by Crippen LogP contribution is 2.25. The van der Waals surface area contributed by atoms with Crippen LogP contribution in [0.1, 0.15) is 26.3 Å². The molecule has 1 atom stereocenters. The van der Waals surface area contributed by atoms with E-state index in [1.807, 2.05) is 0 Å². The first kappa shape index (κ1) is 28.1. The first-order valence-corrected chi connectivity index (χ1v) is 13.5. The average molecular weight is 546 g/mol. The summed E-state index contributed by atoms with van der Waals surface area (Å²) in [5.41, 5.74) is 0.853. The van der Waals surface area contributed by atoms with E-state index in [1.165, 1.54) is 4.90 Å². The first-order chi connectivity index (χ1) is 17.5. The Kier molecular flexibility index (Phi) is 9.29. The van der Waals surface area contributed by atoms with Gasteiger partial charge in [0.15, 0.2) is 0 Å². The number of sulfonamides is 1. The summed E-state index contributed by atoms with van der Waals surface area (Å²) in [6, 6.07) is 18.3. The van der Waals surface area contributed by atoms with Crippen molar-refractivity contribution in [3.63, 3.8) is 0 Å². The molecule has 0 aliphatic rings. The van der Waals surface area contributed by atoms with Crippen molar-refractivity contribution in [2.24, 2.45) is 0 Å². The van der Waals surface area contributed by atoms with Crippen LogP contribution in [0, 0.1) is 5.82 Å². The van der Waals surface area contributed by atoms with Crippen molar-refractivity contribution in [2.75, 3.05) is 10.8 Å². The number of amides is 2. The predicted molar refractivity (Wildman–Crippen MR) is 142 cm³/mol. The Hall–Kier alpha value is -3.43. The molecule has 0 saturated heterocycles. The fraction of sp³-hybridized carbons (Fsp3) is 0.259.